The molecule has 1 N–H and O–H groups in total. The number of hydrogen-bond acceptors (Lipinski definition) is 3. The van der Waals surface area contributed by atoms with E-state index in [1.165, 1.54) is 11.3 Å². The summed E-state index contributed by atoms with van der Waals surface area (Å²) in [4.78, 5) is 14.1. The van der Waals surface area contributed by atoms with E-state index in [0.29, 0.717) is 6.54 Å². The molecule has 1 aromatic rings. The minimum absolute atomic E-state index is 0.104. The molecule has 1 heterocycles. The van der Waals surface area contributed by atoms with Gasteiger partial charge in [0.15, 0.2) is 0 Å². The highest BCUT2D eigenvalue weighted by Crippen LogP contribution is 2.17. The number of nitrogens with zero attached hydrogens (tertiary/aromatic N) is 1. The van der Waals surface area contributed by atoms with Crippen LogP contribution in [0, 0.1) is 5.41 Å². The highest BCUT2D eigenvalue weighted by molar-refractivity contribution is 5.81. The zero-order valence-electron chi connectivity index (χ0n) is 13.3. The lowest BCUT2D eigenvalue weighted by atomic mass is 9.95. The number of carbonyl (C=O) groups is 1. The fourth-order valence-corrected chi connectivity index (χ4v) is 2.28. The van der Waals surface area contributed by atoms with E-state index in [1.54, 1.807) is 0 Å². The van der Waals surface area contributed by atoms with E-state index >= 15 is 0 Å². The van der Waals surface area contributed by atoms with Crippen molar-refractivity contribution < 1.29 is 9.53 Å². The molecule has 1 saturated heterocycles. The number of morpholine rings is 1. The summed E-state index contributed by atoms with van der Waals surface area (Å²) in [5.74, 6) is 0.104. The fraction of sp³-hybridized carbons (Fsp3) is 0.588. The topological polar surface area (TPSA) is 41.6 Å². The number of nitrogens with one attached hydrogen (secondary N) is 1. The van der Waals surface area contributed by atoms with Gasteiger partial charge in [0.1, 0.15) is 0 Å². The van der Waals surface area contributed by atoms with Gasteiger partial charge in [-0.25, -0.2) is 0 Å². The smallest absolute Gasteiger partial charge is 0.225 e. The van der Waals surface area contributed by atoms with Crippen LogP contribution < -0.4 is 10.2 Å². The molecule has 0 aliphatic carbocycles. The lowest BCUT2D eigenvalue weighted by Crippen LogP contribution is -2.36. The number of carbonyl (C=O) groups excluding carboxylic acids is 1. The summed E-state index contributed by atoms with van der Waals surface area (Å²) in [6, 6.07) is 8.61. The second-order valence-electron chi connectivity index (χ2n) is 6.52. The Kier molecular flexibility index (Phi) is 5.23. The van der Waals surface area contributed by atoms with Gasteiger partial charge in [-0.2, -0.15) is 0 Å². The molecule has 4 heteroatoms. The van der Waals surface area contributed by atoms with Crippen molar-refractivity contribution in [3.8, 4) is 0 Å². The van der Waals surface area contributed by atoms with Gasteiger partial charge in [0.25, 0.3) is 0 Å². The third-order valence-corrected chi connectivity index (χ3v) is 3.69. The Morgan fingerprint density at radius 1 is 1.19 bits per heavy atom. The predicted molar refractivity (Wildman–Crippen MR) is 85.6 cm³/mol. The summed E-state index contributed by atoms with van der Waals surface area (Å²) >= 11 is 0. The molecule has 4 nitrogen and oxygen atoms in total. The van der Waals surface area contributed by atoms with Crippen LogP contribution >= 0.6 is 0 Å². The zero-order chi connectivity index (χ0) is 15.3. The number of hydrogen-bond donors (Lipinski definition) is 1. The molecule has 1 amide bonds. The maximum Gasteiger partial charge on any atom is 0.225 e. The molecule has 0 radical (unpaired) electrons. The Hall–Kier alpha value is -1.55. The first-order chi connectivity index (χ1) is 9.97. The summed E-state index contributed by atoms with van der Waals surface area (Å²) in [5, 5.41) is 2.98. The maximum atomic E-state index is 11.8. The molecule has 1 fully saturated rings. The highest BCUT2D eigenvalue weighted by Gasteiger charge is 2.20. The monoisotopic (exact) mass is 290 g/mol. The number of ether oxygens (including phenoxy) is 1. The lowest BCUT2D eigenvalue weighted by molar-refractivity contribution is -0.128. The number of benzene rings is 1. The minimum Gasteiger partial charge on any atom is -0.378 e. The van der Waals surface area contributed by atoms with Crippen LogP contribution in [0.15, 0.2) is 24.3 Å². The van der Waals surface area contributed by atoms with E-state index in [0.717, 1.165) is 32.7 Å². The van der Waals surface area contributed by atoms with Crippen LogP contribution in [0.5, 0.6) is 0 Å². The number of amides is 1. The summed E-state index contributed by atoms with van der Waals surface area (Å²) in [6.45, 7) is 10.0. The van der Waals surface area contributed by atoms with Gasteiger partial charge in [-0.3, -0.25) is 4.79 Å². The Morgan fingerprint density at radius 2 is 1.81 bits per heavy atom. The van der Waals surface area contributed by atoms with Gasteiger partial charge in [-0.1, -0.05) is 32.9 Å². The van der Waals surface area contributed by atoms with Crippen LogP contribution in [0.25, 0.3) is 0 Å². The third kappa shape index (κ3) is 4.74. The number of rotatable bonds is 4. The molecule has 116 valence electrons. The van der Waals surface area contributed by atoms with Crippen molar-refractivity contribution in [3.63, 3.8) is 0 Å². The van der Waals surface area contributed by atoms with Gasteiger partial charge < -0.3 is 15.0 Å². The van der Waals surface area contributed by atoms with Crippen LogP contribution in [-0.4, -0.2) is 38.8 Å². The van der Waals surface area contributed by atoms with Crippen molar-refractivity contribution in [3.05, 3.63) is 29.8 Å². The Labute approximate surface area is 127 Å². The summed E-state index contributed by atoms with van der Waals surface area (Å²) < 4.78 is 5.37. The first-order valence-corrected chi connectivity index (χ1v) is 7.67. The first-order valence-electron chi connectivity index (χ1n) is 7.67. The van der Waals surface area contributed by atoms with Gasteiger partial charge in [-0.15, -0.1) is 0 Å². The van der Waals surface area contributed by atoms with Gasteiger partial charge in [0, 0.05) is 30.7 Å². The molecular weight excluding hydrogens is 264 g/mol. The summed E-state index contributed by atoms with van der Waals surface area (Å²) in [7, 11) is 0. The largest absolute Gasteiger partial charge is 0.378 e. The second kappa shape index (κ2) is 6.94. The van der Waals surface area contributed by atoms with E-state index in [9.17, 15) is 4.79 Å². The van der Waals surface area contributed by atoms with Crippen LogP contribution in [0.2, 0.25) is 0 Å². The van der Waals surface area contributed by atoms with E-state index in [2.05, 4.69) is 34.5 Å². The highest BCUT2D eigenvalue weighted by atomic mass is 16.5. The summed E-state index contributed by atoms with van der Waals surface area (Å²) in [6.07, 6.45) is 0.866. The molecule has 1 aliphatic rings. The van der Waals surface area contributed by atoms with Crippen molar-refractivity contribution in [1.82, 2.24) is 5.32 Å². The zero-order valence-corrected chi connectivity index (χ0v) is 13.3. The summed E-state index contributed by atoms with van der Waals surface area (Å²) in [5.41, 5.74) is 2.18. The van der Waals surface area contributed by atoms with Crippen molar-refractivity contribution >= 4 is 11.6 Å². The van der Waals surface area contributed by atoms with Gasteiger partial charge in [-0.05, 0) is 24.1 Å². The van der Waals surface area contributed by atoms with Crippen molar-refractivity contribution in [2.75, 3.05) is 37.7 Å². The average molecular weight is 290 g/mol. The molecule has 1 aromatic carbocycles. The maximum absolute atomic E-state index is 11.8. The molecule has 0 atom stereocenters. The molecule has 1 aliphatic heterocycles. The van der Waals surface area contributed by atoms with Crippen LogP contribution in [-0.2, 0) is 16.0 Å². The molecule has 21 heavy (non-hydrogen) atoms. The van der Waals surface area contributed by atoms with Gasteiger partial charge in [0.2, 0.25) is 5.91 Å². The molecular formula is C17H26N2O2. The molecule has 0 unspecified atom stereocenters. The quantitative estimate of drug-likeness (QED) is 0.924. The molecule has 0 aromatic heterocycles. The van der Waals surface area contributed by atoms with Crippen molar-refractivity contribution in [2.24, 2.45) is 5.41 Å². The first kappa shape index (κ1) is 15.8. The Balaban J connectivity index is 1.81. The molecule has 2 rings (SSSR count). The van der Waals surface area contributed by atoms with Crippen LogP contribution in [0.1, 0.15) is 26.3 Å². The van der Waals surface area contributed by atoms with Crippen LogP contribution in [0.4, 0.5) is 5.69 Å². The lowest BCUT2D eigenvalue weighted by Gasteiger charge is -2.28. The second-order valence-corrected chi connectivity index (χ2v) is 6.52. The molecule has 0 bridgehead atoms. The standard InChI is InChI=1S/C17H26N2O2/c1-17(2,3)16(20)18-9-8-14-4-6-15(7-5-14)19-10-12-21-13-11-19/h4-7H,8-13H2,1-3H3,(H,18,20). The SMILES string of the molecule is CC(C)(C)C(=O)NCCc1ccc(N2CCOCC2)cc1. The Morgan fingerprint density at radius 3 is 2.38 bits per heavy atom. The number of anilines is 1. The van der Waals surface area contributed by atoms with E-state index < -0.39 is 0 Å². The van der Waals surface area contributed by atoms with Gasteiger partial charge >= 0.3 is 0 Å². The molecule has 0 saturated carbocycles. The normalized spacial score (nSPS) is 15.9. The van der Waals surface area contributed by atoms with Crippen molar-refractivity contribution in [2.45, 2.75) is 27.2 Å². The predicted octanol–water partition coefficient (Wildman–Crippen LogP) is 2.23. The minimum atomic E-state index is -0.319. The van der Waals surface area contributed by atoms with E-state index in [-0.39, 0.29) is 11.3 Å². The fourth-order valence-electron chi connectivity index (χ4n) is 2.28. The van der Waals surface area contributed by atoms with Gasteiger partial charge in [0.05, 0.1) is 13.2 Å². The Bertz CT molecular complexity index is 457. The van der Waals surface area contributed by atoms with E-state index in [1.807, 2.05) is 20.8 Å². The average Bonchev–Trinajstić information content (AvgIpc) is 2.48. The van der Waals surface area contributed by atoms with Crippen molar-refractivity contribution in [1.29, 1.82) is 0 Å². The third-order valence-electron chi connectivity index (χ3n) is 3.69. The molecule has 0 spiro atoms. The van der Waals surface area contributed by atoms with E-state index in [4.69, 9.17) is 4.74 Å². The van der Waals surface area contributed by atoms with Crippen LogP contribution in [0.3, 0.4) is 0 Å².